The molecule has 9 heteroatoms. The van der Waals surface area contributed by atoms with Crippen molar-refractivity contribution < 1.29 is 14.3 Å². The van der Waals surface area contributed by atoms with Gasteiger partial charge in [-0.15, -0.1) is 0 Å². The fraction of sp³-hybridized carbons (Fsp3) is 0.478. The fourth-order valence-electron chi connectivity index (χ4n) is 3.82. The van der Waals surface area contributed by atoms with Gasteiger partial charge < -0.3 is 14.8 Å². The normalized spacial score (nSPS) is 16.2. The Balaban J connectivity index is 1.58. The molecule has 1 fully saturated rings. The Kier molecular flexibility index (Phi) is 6.04. The molecule has 1 aromatic heterocycles. The van der Waals surface area contributed by atoms with Crippen LogP contribution in [0.4, 0.5) is 0 Å². The SMILES string of the molecule is CC(C)C(NC(=O)Cn1c(=O)c(C#N)cn(C2CC2)c1=O)c1ccc2c(c1)OCCCO2. The lowest BCUT2D eigenvalue weighted by Gasteiger charge is -2.24. The number of nitriles is 1. The van der Waals surface area contributed by atoms with E-state index in [1.165, 1.54) is 10.8 Å². The molecular weight excluding hydrogens is 412 g/mol. The zero-order valence-electron chi connectivity index (χ0n) is 18.2. The monoisotopic (exact) mass is 438 g/mol. The molecule has 2 heterocycles. The first-order chi connectivity index (χ1) is 15.4. The van der Waals surface area contributed by atoms with E-state index < -0.39 is 23.7 Å². The molecule has 1 N–H and O–H groups in total. The minimum absolute atomic E-state index is 0.0188. The summed E-state index contributed by atoms with van der Waals surface area (Å²) in [6, 6.07) is 7.01. The van der Waals surface area contributed by atoms with E-state index in [9.17, 15) is 19.6 Å². The van der Waals surface area contributed by atoms with Crippen molar-refractivity contribution in [1.82, 2.24) is 14.5 Å². The summed E-state index contributed by atoms with van der Waals surface area (Å²) >= 11 is 0. The Morgan fingerprint density at radius 1 is 1.22 bits per heavy atom. The van der Waals surface area contributed by atoms with Crippen molar-refractivity contribution in [3.05, 3.63) is 56.4 Å². The number of benzene rings is 1. The van der Waals surface area contributed by atoms with Crippen LogP contribution >= 0.6 is 0 Å². The van der Waals surface area contributed by atoms with E-state index in [-0.39, 0.29) is 23.6 Å². The number of ether oxygens (including phenoxy) is 2. The van der Waals surface area contributed by atoms with E-state index in [0.717, 1.165) is 29.4 Å². The lowest BCUT2D eigenvalue weighted by atomic mass is 9.95. The molecule has 9 nitrogen and oxygen atoms in total. The number of amides is 1. The quantitative estimate of drug-likeness (QED) is 0.736. The molecule has 1 unspecified atom stereocenters. The van der Waals surface area contributed by atoms with Crippen LogP contribution in [0.2, 0.25) is 0 Å². The van der Waals surface area contributed by atoms with Crippen molar-refractivity contribution in [1.29, 1.82) is 5.26 Å². The number of nitrogens with zero attached hydrogens (tertiary/aromatic N) is 3. The maximum absolute atomic E-state index is 12.9. The number of rotatable bonds is 6. The van der Waals surface area contributed by atoms with Gasteiger partial charge in [-0.2, -0.15) is 5.26 Å². The molecule has 1 aliphatic carbocycles. The molecule has 0 bridgehead atoms. The number of carbonyl (C=O) groups excluding carboxylic acids is 1. The second-order valence-electron chi connectivity index (χ2n) is 8.51. The number of hydrogen-bond donors (Lipinski definition) is 1. The van der Waals surface area contributed by atoms with E-state index in [0.29, 0.717) is 24.7 Å². The third kappa shape index (κ3) is 4.40. The van der Waals surface area contributed by atoms with Crippen molar-refractivity contribution in [3.63, 3.8) is 0 Å². The highest BCUT2D eigenvalue weighted by molar-refractivity contribution is 5.76. The van der Waals surface area contributed by atoms with Crippen LogP contribution in [0.5, 0.6) is 11.5 Å². The lowest BCUT2D eigenvalue weighted by Crippen LogP contribution is -2.45. The zero-order valence-corrected chi connectivity index (χ0v) is 18.2. The third-order valence-corrected chi connectivity index (χ3v) is 5.67. The summed E-state index contributed by atoms with van der Waals surface area (Å²) in [5, 5.41) is 12.2. The summed E-state index contributed by atoms with van der Waals surface area (Å²) in [5.41, 5.74) is -0.622. The Morgan fingerprint density at radius 3 is 2.59 bits per heavy atom. The van der Waals surface area contributed by atoms with Crippen LogP contribution in [-0.2, 0) is 11.3 Å². The van der Waals surface area contributed by atoms with E-state index in [1.807, 2.05) is 38.1 Å². The van der Waals surface area contributed by atoms with E-state index >= 15 is 0 Å². The molecular formula is C23H26N4O5. The number of fused-ring (bicyclic) bond motifs is 1. The summed E-state index contributed by atoms with van der Waals surface area (Å²) in [6.07, 6.45) is 3.72. The summed E-state index contributed by atoms with van der Waals surface area (Å²) in [5.74, 6) is 0.854. The zero-order chi connectivity index (χ0) is 22.8. The van der Waals surface area contributed by atoms with Gasteiger partial charge in [0, 0.05) is 18.7 Å². The Labute approximate surface area is 185 Å². The van der Waals surface area contributed by atoms with Gasteiger partial charge in [0.2, 0.25) is 5.91 Å². The third-order valence-electron chi connectivity index (χ3n) is 5.67. The van der Waals surface area contributed by atoms with Gasteiger partial charge in [-0.3, -0.25) is 14.2 Å². The number of hydrogen-bond acceptors (Lipinski definition) is 6. The van der Waals surface area contributed by atoms with Crippen molar-refractivity contribution in [3.8, 4) is 17.6 Å². The molecule has 2 aliphatic rings. The molecule has 2 aromatic rings. The number of aromatic nitrogens is 2. The van der Waals surface area contributed by atoms with Gasteiger partial charge in [-0.25, -0.2) is 9.36 Å². The first-order valence-electron chi connectivity index (χ1n) is 10.8. The van der Waals surface area contributed by atoms with Crippen LogP contribution in [0.3, 0.4) is 0 Å². The molecule has 1 amide bonds. The Hall–Kier alpha value is -3.54. The van der Waals surface area contributed by atoms with E-state index in [2.05, 4.69) is 5.32 Å². The smallest absolute Gasteiger partial charge is 0.331 e. The van der Waals surface area contributed by atoms with Gasteiger partial charge >= 0.3 is 5.69 Å². The molecule has 1 aliphatic heterocycles. The molecule has 0 spiro atoms. The molecule has 4 rings (SSSR count). The van der Waals surface area contributed by atoms with E-state index in [4.69, 9.17) is 9.47 Å². The average Bonchev–Trinajstić information content (AvgIpc) is 3.62. The van der Waals surface area contributed by atoms with Gasteiger partial charge in [0.05, 0.1) is 19.3 Å². The van der Waals surface area contributed by atoms with Crippen LogP contribution in [0, 0.1) is 17.2 Å². The van der Waals surface area contributed by atoms with Gasteiger partial charge in [0.25, 0.3) is 5.56 Å². The van der Waals surface area contributed by atoms with Gasteiger partial charge in [0.15, 0.2) is 11.5 Å². The second-order valence-corrected chi connectivity index (χ2v) is 8.51. The maximum Gasteiger partial charge on any atom is 0.331 e. The highest BCUT2D eigenvalue weighted by atomic mass is 16.5. The lowest BCUT2D eigenvalue weighted by molar-refractivity contribution is -0.122. The minimum atomic E-state index is -0.749. The van der Waals surface area contributed by atoms with E-state index in [1.54, 1.807) is 0 Å². The first-order valence-corrected chi connectivity index (χ1v) is 10.8. The highest BCUT2D eigenvalue weighted by Crippen LogP contribution is 2.34. The maximum atomic E-state index is 12.9. The number of nitrogens with one attached hydrogen (secondary N) is 1. The predicted octanol–water partition coefficient (Wildman–Crippen LogP) is 1.89. The van der Waals surface area contributed by atoms with Crippen molar-refractivity contribution >= 4 is 5.91 Å². The molecule has 1 saturated carbocycles. The van der Waals surface area contributed by atoms with Gasteiger partial charge in [-0.05, 0) is 36.5 Å². The standard InChI is InChI=1S/C23H26N4O5/c1-14(2)21(15-4-7-18-19(10-15)32-9-3-8-31-18)25-20(28)13-27-22(29)16(11-24)12-26(23(27)30)17-5-6-17/h4,7,10,12,14,17,21H,3,5-6,8-9,13H2,1-2H3,(H,25,28). The largest absolute Gasteiger partial charge is 0.490 e. The molecule has 168 valence electrons. The Bertz CT molecular complexity index is 1190. The predicted molar refractivity (Wildman–Crippen MR) is 116 cm³/mol. The summed E-state index contributed by atoms with van der Waals surface area (Å²) in [4.78, 5) is 38.2. The molecule has 32 heavy (non-hydrogen) atoms. The van der Waals surface area contributed by atoms with Crippen LogP contribution in [0.25, 0.3) is 0 Å². The molecule has 1 aromatic carbocycles. The van der Waals surface area contributed by atoms with Crippen molar-refractivity contribution in [2.24, 2.45) is 5.92 Å². The van der Waals surface area contributed by atoms with Gasteiger partial charge in [-0.1, -0.05) is 19.9 Å². The van der Waals surface area contributed by atoms with Gasteiger partial charge in [0.1, 0.15) is 18.2 Å². The first kappa shape index (κ1) is 21.7. The number of carbonyl (C=O) groups is 1. The molecule has 0 saturated heterocycles. The average molecular weight is 438 g/mol. The van der Waals surface area contributed by atoms with Crippen LogP contribution in [0.15, 0.2) is 34.0 Å². The summed E-state index contributed by atoms with van der Waals surface area (Å²) in [6.45, 7) is 4.63. The highest BCUT2D eigenvalue weighted by Gasteiger charge is 2.28. The second kappa shape index (κ2) is 8.91. The van der Waals surface area contributed by atoms with Crippen LogP contribution < -0.4 is 26.0 Å². The van der Waals surface area contributed by atoms with Crippen molar-refractivity contribution in [2.75, 3.05) is 13.2 Å². The molecule has 0 radical (unpaired) electrons. The summed E-state index contributed by atoms with van der Waals surface area (Å²) < 4.78 is 13.7. The summed E-state index contributed by atoms with van der Waals surface area (Å²) in [7, 11) is 0. The van der Waals surface area contributed by atoms with Crippen molar-refractivity contribution in [2.45, 2.75) is 51.7 Å². The fourth-order valence-corrected chi connectivity index (χ4v) is 3.82. The van der Waals surface area contributed by atoms with Crippen LogP contribution in [-0.4, -0.2) is 28.3 Å². The minimum Gasteiger partial charge on any atom is -0.490 e. The Morgan fingerprint density at radius 2 is 1.94 bits per heavy atom. The topological polar surface area (TPSA) is 115 Å². The van der Waals surface area contributed by atoms with Crippen LogP contribution in [0.1, 0.15) is 56.3 Å². The molecule has 1 atom stereocenters.